The Hall–Kier alpha value is -1.13. The summed E-state index contributed by atoms with van der Waals surface area (Å²) < 4.78 is 5.80. The number of hydrogen-bond donors (Lipinski definition) is 1. The lowest BCUT2D eigenvalue weighted by molar-refractivity contribution is 0.255. The lowest BCUT2D eigenvalue weighted by Crippen LogP contribution is -2.37. The van der Waals surface area contributed by atoms with Gasteiger partial charge in [0.2, 0.25) is 0 Å². The molecule has 3 rings (SSSR count). The zero-order chi connectivity index (χ0) is 14.3. The molecule has 108 valence electrons. The van der Waals surface area contributed by atoms with E-state index in [9.17, 15) is 0 Å². The second-order valence-electron chi connectivity index (χ2n) is 5.28. The van der Waals surface area contributed by atoms with Crippen LogP contribution in [0.4, 0.5) is 5.69 Å². The first-order valence-electron chi connectivity index (χ1n) is 6.83. The molecule has 2 N–H and O–H groups in total. The van der Waals surface area contributed by atoms with Crippen LogP contribution in [0, 0.1) is 0 Å². The third-order valence-electron chi connectivity index (χ3n) is 3.83. The summed E-state index contributed by atoms with van der Waals surface area (Å²) in [5, 5.41) is 5.13. The SMILES string of the molecule is CC1Cc2c(c(Cl)cc(Cl)c2N2CCCCC2=NN)O1. The number of amidine groups is 1. The first-order valence-corrected chi connectivity index (χ1v) is 7.59. The number of hydrogen-bond acceptors (Lipinski definition) is 3. The third-order valence-corrected chi connectivity index (χ3v) is 4.40. The molecular formula is C14H17Cl2N3O. The van der Waals surface area contributed by atoms with Gasteiger partial charge in [-0.1, -0.05) is 23.2 Å². The number of ether oxygens (including phenoxy) is 1. The summed E-state index contributed by atoms with van der Waals surface area (Å²) >= 11 is 12.7. The molecule has 6 heteroatoms. The van der Waals surface area contributed by atoms with Gasteiger partial charge in [0.1, 0.15) is 17.7 Å². The van der Waals surface area contributed by atoms with Crippen LogP contribution >= 0.6 is 23.2 Å². The summed E-state index contributed by atoms with van der Waals surface area (Å²) in [5.74, 6) is 7.16. The highest BCUT2D eigenvalue weighted by molar-refractivity contribution is 6.38. The van der Waals surface area contributed by atoms with E-state index in [1.165, 1.54) is 0 Å². The van der Waals surface area contributed by atoms with Crippen molar-refractivity contribution in [1.82, 2.24) is 0 Å². The number of anilines is 1. The summed E-state index contributed by atoms with van der Waals surface area (Å²) in [5.41, 5.74) is 2.03. The van der Waals surface area contributed by atoms with Crippen molar-refractivity contribution in [2.24, 2.45) is 10.9 Å². The minimum atomic E-state index is 0.114. The lowest BCUT2D eigenvalue weighted by Gasteiger charge is -2.31. The van der Waals surface area contributed by atoms with E-state index in [0.29, 0.717) is 10.0 Å². The van der Waals surface area contributed by atoms with Crippen molar-refractivity contribution >= 4 is 34.7 Å². The summed E-state index contributed by atoms with van der Waals surface area (Å²) in [6.45, 7) is 2.90. The molecule has 1 aromatic rings. The van der Waals surface area contributed by atoms with Crippen LogP contribution in [-0.2, 0) is 6.42 Å². The lowest BCUT2D eigenvalue weighted by atomic mass is 10.0. The highest BCUT2D eigenvalue weighted by Gasteiger charge is 2.31. The predicted octanol–water partition coefficient (Wildman–Crippen LogP) is 3.58. The first kappa shape index (κ1) is 13.8. The number of nitrogens with two attached hydrogens (primary N) is 1. The molecule has 0 saturated carbocycles. The van der Waals surface area contributed by atoms with Crippen LogP contribution in [0.25, 0.3) is 0 Å². The van der Waals surface area contributed by atoms with Crippen LogP contribution in [0.2, 0.25) is 10.0 Å². The fourth-order valence-corrected chi connectivity index (χ4v) is 3.62. The summed E-state index contributed by atoms with van der Waals surface area (Å²) in [7, 11) is 0. The van der Waals surface area contributed by atoms with Crippen LogP contribution in [0.1, 0.15) is 31.7 Å². The Balaban J connectivity index is 2.12. The van der Waals surface area contributed by atoms with Gasteiger partial charge in [0.25, 0.3) is 0 Å². The number of rotatable bonds is 1. The van der Waals surface area contributed by atoms with Crippen LogP contribution in [-0.4, -0.2) is 18.5 Å². The molecule has 4 nitrogen and oxygen atoms in total. The largest absolute Gasteiger partial charge is 0.488 e. The Kier molecular flexibility index (Phi) is 3.69. The molecule has 1 aromatic carbocycles. The third kappa shape index (κ3) is 2.21. The summed E-state index contributed by atoms with van der Waals surface area (Å²) in [4.78, 5) is 2.11. The molecule has 0 amide bonds. The minimum absolute atomic E-state index is 0.114. The molecule has 0 radical (unpaired) electrons. The monoisotopic (exact) mass is 313 g/mol. The Morgan fingerprint density at radius 2 is 2.15 bits per heavy atom. The molecule has 1 saturated heterocycles. The fourth-order valence-electron chi connectivity index (χ4n) is 2.97. The van der Waals surface area contributed by atoms with Crippen molar-refractivity contribution < 1.29 is 4.74 Å². The number of nitrogens with zero attached hydrogens (tertiary/aromatic N) is 2. The maximum Gasteiger partial charge on any atom is 0.143 e. The van der Waals surface area contributed by atoms with Gasteiger partial charge in [-0.15, -0.1) is 0 Å². The van der Waals surface area contributed by atoms with Gasteiger partial charge in [0.05, 0.1) is 15.7 Å². The molecule has 2 aliphatic heterocycles. The van der Waals surface area contributed by atoms with E-state index in [-0.39, 0.29) is 6.10 Å². The van der Waals surface area contributed by atoms with Gasteiger partial charge in [-0.2, -0.15) is 5.10 Å². The molecule has 0 aromatic heterocycles. The Labute approximate surface area is 128 Å². The van der Waals surface area contributed by atoms with E-state index >= 15 is 0 Å². The predicted molar refractivity (Wildman–Crippen MR) is 83.1 cm³/mol. The van der Waals surface area contributed by atoms with Crippen molar-refractivity contribution in [2.75, 3.05) is 11.4 Å². The highest BCUT2D eigenvalue weighted by atomic mass is 35.5. The summed E-state index contributed by atoms with van der Waals surface area (Å²) in [6, 6.07) is 1.75. The second-order valence-corrected chi connectivity index (χ2v) is 6.10. The molecule has 1 fully saturated rings. The molecule has 1 unspecified atom stereocenters. The van der Waals surface area contributed by atoms with Crippen molar-refractivity contribution in [3.63, 3.8) is 0 Å². The molecular weight excluding hydrogens is 297 g/mol. The minimum Gasteiger partial charge on any atom is -0.488 e. The maximum atomic E-state index is 6.44. The normalized spacial score (nSPS) is 23.9. The van der Waals surface area contributed by atoms with E-state index in [1.54, 1.807) is 6.07 Å². The molecule has 0 bridgehead atoms. The van der Waals surface area contributed by atoms with Gasteiger partial charge in [0, 0.05) is 24.9 Å². The first-order chi connectivity index (χ1) is 9.61. The zero-order valence-electron chi connectivity index (χ0n) is 11.3. The van der Waals surface area contributed by atoms with Gasteiger partial charge in [-0.25, -0.2) is 0 Å². The molecule has 2 heterocycles. The maximum absolute atomic E-state index is 6.44. The number of halogens is 2. The molecule has 20 heavy (non-hydrogen) atoms. The van der Waals surface area contributed by atoms with E-state index in [4.69, 9.17) is 33.8 Å². The Bertz CT molecular complexity index is 574. The van der Waals surface area contributed by atoms with Crippen molar-refractivity contribution in [3.05, 3.63) is 21.7 Å². The number of benzene rings is 1. The number of hydrazone groups is 1. The quantitative estimate of drug-likeness (QED) is 0.637. The van der Waals surface area contributed by atoms with E-state index < -0.39 is 0 Å². The van der Waals surface area contributed by atoms with Gasteiger partial charge in [-0.05, 0) is 25.8 Å². The number of fused-ring (bicyclic) bond motifs is 1. The van der Waals surface area contributed by atoms with Crippen LogP contribution in [0.5, 0.6) is 5.75 Å². The average molecular weight is 314 g/mol. The van der Waals surface area contributed by atoms with E-state index in [0.717, 1.165) is 55.1 Å². The smallest absolute Gasteiger partial charge is 0.143 e. The number of piperidine rings is 1. The Morgan fingerprint density at radius 3 is 2.90 bits per heavy atom. The van der Waals surface area contributed by atoms with E-state index in [1.807, 2.05) is 6.92 Å². The average Bonchev–Trinajstić information content (AvgIpc) is 2.81. The van der Waals surface area contributed by atoms with Crippen molar-refractivity contribution in [2.45, 2.75) is 38.7 Å². The van der Waals surface area contributed by atoms with Gasteiger partial charge in [0.15, 0.2) is 0 Å². The van der Waals surface area contributed by atoms with Gasteiger partial charge >= 0.3 is 0 Å². The van der Waals surface area contributed by atoms with Crippen molar-refractivity contribution in [1.29, 1.82) is 0 Å². The topological polar surface area (TPSA) is 50.8 Å². The van der Waals surface area contributed by atoms with Crippen LogP contribution in [0.3, 0.4) is 0 Å². The molecule has 0 aliphatic carbocycles. The Morgan fingerprint density at radius 1 is 1.35 bits per heavy atom. The molecule has 1 atom stereocenters. The summed E-state index contributed by atoms with van der Waals surface area (Å²) in [6.07, 6.45) is 4.00. The standard InChI is InChI=1S/C14H17Cl2N3O/c1-8-6-9-13(10(15)7-11(16)14(9)20-8)19-5-3-2-4-12(19)18-17/h7-8H,2-6,17H2,1H3. The van der Waals surface area contributed by atoms with Crippen molar-refractivity contribution in [3.8, 4) is 5.75 Å². The second kappa shape index (κ2) is 5.34. The fraction of sp³-hybridized carbons (Fsp3) is 0.500. The van der Waals surface area contributed by atoms with Crippen LogP contribution in [0.15, 0.2) is 11.2 Å². The van der Waals surface area contributed by atoms with Crippen LogP contribution < -0.4 is 15.5 Å². The van der Waals surface area contributed by atoms with Gasteiger partial charge < -0.3 is 15.5 Å². The zero-order valence-corrected chi connectivity index (χ0v) is 12.8. The van der Waals surface area contributed by atoms with Gasteiger partial charge in [-0.3, -0.25) is 0 Å². The van der Waals surface area contributed by atoms with E-state index in [2.05, 4.69) is 10.0 Å². The molecule has 0 spiro atoms. The molecule has 2 aliphatic rings. The highest BCUT2D eigenvalue weighted by Crippen LogP contribution is 2.46.